The molecule has 0 nitrogen and oxygen atoms in total. The molecule has 2 unspecified atom stereocenters. The highest BCUT2D eigenvalue weighted by Crippen LogP contribution is 2.38. The Bertz CT molecular complexity index is 306. The molecule has 1 aliphatic rings. The second-order valence-corrected chi connectivity index (χ2v) is 4.39. The molecular formula is C13H17F. The molecule has 1 fully saturated rings. The second kappa shape index (κ2) is 4.12. The summed E-state index contributed by atoms with van der Waals surface area (Å²) in [5, 5.41) is 0. The zero-order valence-corrected chi connectivity index (χ0v) is 8.67. The quantitative estimate of drug-likeness (QED) is 0.628. The lowest BCUT2D eigenvalue weighted by Gasteiger charge is -2.29. The van der Waals surface area contributed by atoms with Crippen molar-refractivity contribution in [3.8, 4) is 0 Å². The third-order valence-electron chi connectivity index (χ3n) is 3.42. The summed E-state index contributed by atoms with van der Waals surface area (Å²) in [5.41, 5.74) is 0.930. The Hall–Kier alpha value is -0.850. The number of hydrogen-bond acceptors (Lipinski definition) is 0. The molecule has 0 aliphatic heterocycles. The van der Waals surface area contributed by atoms with Crippen LogP contribution in [0.15, 0.2) is 24.3 Å². The third kappa shape index (κ3) is 1.82. The van der Waals surface area contributed by atoms with E-state index >= 15 is 0 Å². The van der Waals surface area contributed by atoms with Crippen molar-refractivity contribution in [1.82, 2.24) is 0 Å². The monoisotopic (exact) mass is 192 g/mol. The molecular weight excluding hydrogens is 175 g/mol. The van der Waals surface area contributed by atoms with Crippen LogP contribution in [0.2, 0.25) is 0 Å². The van der Waals surface area contributed by atoms with Crippen LogP contribution < -0.4 is 0 Å². The first-order valence-electron chi connectivity index (χ1n) is 5.53. The van der Waals surface area contributed by atoms with Crippen LogP contribution in [-0.2, 0) is 0 Å². The maximum atomic E-state index is 13.5. The van der Waals surface area contributed by atoms with E-state index in [9.17, 15) is 4.39 Å². The maximum Gasteiger partial charge on any atom is 0.126 e. The molecule has 2 rings (SSSR count). The van der Waals surface area contributed by atoms with Crippen molar-refractivity contribution in [3.05, 3.63) is 35.6 Å². The zero-order valence-electron chi connectivity index (χ0n) is 8.67. The van der Waals surface area contributed by atoms with Gasteiger partial charge < -0.3 is 0 Å². The van der Waals surface area contributed by atoms with Gasteiger partial charge in [0.2, 0.25) is 0 Å². The number of hydrogen-bond donors (Lipinski definition) is 0. The van der Waals surface area contributed by atoms with E-state index in [1.165, 1.54) is 19.3 Å². The molecule has 0 aromatic heterocycles. The summed E-state index contributed by atoms with van der Waals surface area (Å²) in [6.45, 7) is 2.25. The highest BCUT2D eigenvalue weighted by molar-refractivity contribution is 5.22. The van der Waals surface area contributed by atoms with E-state index in [-0.39, 0.29) is 5.82 Å². The summed E-state index contributed by atoms with van der Waals surface area (Å²) in [7, 11) is 0. The lowest BCUT2D eigenvalue weighted by atomic mass is 9.76. The molecule has 0 heterocycles. The van der Waals surface area contributed by atoms with Gasteiger partial charge in [-0.05, 0) is 29.9 Å². The predicted molar refractivity (Wildman–Crippen MR) is 56.8 cm³/mol. The van der Waals surface area contributed by atoms with Crippen molar-refractivity contribution >= 4 is 0 Å². The number of benzene rings is 1. The molecule has 1 aromatic rings. The van der Waals surface area contributed by atoms with Crippen molar-refractivity contribution < 1.29 is 4.39 Å². The predicted octanol–water partition coefficient (Wildman–Crippen LogP) is 4.12. The van der Waals surface area contributed by atoms with Crippen LogP contribution in [0.4, 0.5) is 4.39 Å². The van der Waals surface area contributed by atoms with Crippen molar-refractivity contribution in [2.75, 3.05) is 0 Å². The number of rotatable bonds is 1. The number of halogens is 1. The molecule has 1 heteroatoms. The summed E-state index contributed by atoms with van der Waals surface area (Å²) in [6, 6.07) is 7.24. The van der Waals surface area contributed by atoms with Gasteiger partial charge in [-0.3, -0.25) is 0 Å². The molecule has 1 saturated carbocycles. The molecule has 1 aromatic carbocycles. The Morgan fingerprint density at radius 1 is 1.14 bits per heavy atom. The topological polar surface area (TPSA) is 0 Å². The molecule has 0 radical (unpaired) electrons. The Morgan fingerprint density at radius 3 is 2.57 bits per heavy atom. The first kappa shape index (κ1) is 9.70. The minimum Gasteiger partial charge on any atom is -0.207 e. The molecule has 0 bridgehead atoms. The van der Waals surface area contributed by atoms with Gasteiger partial charge in [0.25, 0.3) is 0 Å². The molecule has 1 aliphatic carbocycles. The molecule has 0 amide bonds. The van der Waals surface area contributed by atoms with Gasteiger partial charge in [0.05, 0.1) is 0 Å². The van der Waals surface area contributed by atoms with Crippen LogP contribution in [0.25, 0.3) is 0 Å². The Labute approximate surface area is 85.1 Å². The van der Waals surface area contributed by atoms with Gasteiger partial charge in [0.15, 0.2) is 0 Å². The van der Waals surface area contributed by atoms with Crippen molar-refractivity contribution in [2.45, 2.75) is 38.5 Å². The average Bonchev–Trinajstić information content (AvgIpc) is 2.20. The zero-order chi connectivity index (χ0) is 9.97. The van der Waals surface area contributed by atoms with E-state index in [2.05, 4.69) is 6.92 Å². The van der Waals surface area contributed by atoms with Crippen molar-refractivity contribution in [3.63, 3.8) is 0 Å². The van der Waals surface area contributed by atoms with E-state index in [1.54, 1.807) is 12.1 Å². The third-order valence-corrected chi connectivity index (χ3v) is 3.42. The Morgan fingerprint density at radius 2 is 1.86 bits per heavy atom. The second-order valence-electron chi connectivity index (χ2n) is 4.39. The molecule has 14 heavy (non-hydrogen) atoms. The van der Waals surface area contributed by atoms with E-state index in [4.69, 9.17) is 0 Å². The van der Waals surface area contributed by atoms with Crippen LogP contribution in [0.1, 0.15) is 44.1 Å². The lowest BCUT2D eigenvalue weighted by Crippen LogP contribution is -2.15. The highest BCUT2D eigenvalue weighted by atomic mass is 19.1. The highest BCUT2D eigenvalue weighted by Gasteiger charge is 2.24. The van der Waals surface area contributed by atoms with Gasteiger partial charge in [-0.1, -0.05) is 44.4 Å². The van der Waals surface area contributed by atoms with Gasteiger partial charge in [0.1, 0.15) is 5.82 Å². The minimum atomic E-state index is -0.0220. The van der Waals surface area contributed by atoms with Crippen LogP contribution >= 0.6 is 0 Å². The van der Waals surface area contributed by atoms with Crippen LogP contribution in [-0.4, -0.2) is 0 Å². The SMILES string of the molecule is CC1CCCCC1c1ccccc1F. The summed E-state index contributed by atoms with van der Waals surface area (Å²) in [5.74, 6) is 1.07. The first-order valence-corrected chi connectivity index (χ1v) is 5.53. The minimum absolute atomic E-state index is 0.0220. The molecule has 2 atom stereocenters. The summed E-state index contributed by atoms with van der Waals surface area (Å²) < 4.78 is 13.5. The fourth-order valence-corrected chi connectivity index (χ4v) is 2.55. The van der Waals surface area contributed by atoms with Gasteiger partial charge in [0, 0.05) is 0 Å². The molecule has 76 valence electrons. The standard InChI is InChI=1S/C13H17F/c1-10-6-2-3-7-11(10)12-8-4-5-9-13(12)14/h4-5,8-11H,2-3,6-7H2,1H3. The fourth-order valence-electron chi connectivity index (χ4n) is 2.55. The van der Waals surface area contributed by atoms with E-state index in [0.717, 1.165) is 12.0 Å². The van der Waals surface area contributed by atoms with Crippen LogP contribution in [0, 0.1) is 11.7 Å². The lowest BCUT2D eigenvalue weighted by molar-refractivity contribution is 0.323. The summed E-state index contributed by atoms with van der Waals surface area (Å²) in [6.07, 6.45) is 4.97. The first-order chi connectivity index (χ1) is 6.79. The molecule has 0 saturated heterocycles. The van der Waals surface area contributed by atoms with Crippen molar-refractivity contribution in [1.29, 1.82) is 0 Å². The summed E-state index contributed by atoms with van der Waals surface area (Å²) >= 11 is 0. The normalized spacial score (nSPS) is 27.6. The molecule has 0 N–H and O–H groups in total. The van der Waals surface area contributed by atoms with Gasteiger partial charge in [-0.25, -0.2) is 4.39 Å². The van der Waals surface area contributed by atoms with Gasteiger partial charge in [-0.2, -0.15) is 0 Å². The van der Waals surface area contributed by atoms with Crippen LogP contribution in [0.5, 0.6) is 0 Å². The van der Waals surface area contributed by atoms with E-state index < -0.39 is 0 Å². The Kier molecular flexibility index (Phi) is 2.85. The van der Waals surface area contributed by atoms with E-state index in [0.29, 0.717) is 11.8 Å². The maximum absolute atomic E-state index is 13.5. The Balaban J connectivity index is 2.25. The molecule has 0 spiro atoms. The van der Waals surface area contributed by atoms with Gasteiger partial charge in [-0.15, -0.1) is 0 Å². The van der Waals surface area contributed by atoms with Crippen molar-refractivity contribution in [2.24, 2.45) is 5.92 Å². The van der Waals surface area contributed by atoms with Crippen LogP contribution in [0.3, 0.4) is 0 Å². The van der Waals surface area contributed by atoms with Gasteiger partial charge >= 0.3 is 0 Å². The smallest absolute Gasteiger partial charge is 0.126 e. The summed E-state index contributed by atoms with van der Waals surface area (Å²) in [4.78, 5) is 0. The average molecular weight is 192 g/mol. The largest absolute Gasteiger partial charge is 0.207 e. The fraction of sp³-hybridized carbons (Fsp3) is 0.538. The van der Waals surface area contributed by atoms with E-state index in [1.807, 2.05) is 12.1 Å².